The molecule has 0 N–H and O–H groups in total. The van der Waals surface area contributed by atoms with Gasteiger partial charge in [0.2, 0.25) is 0 Å². The number of aromatic nitrogens is 4. The lowest BCUT2D eigenvalue weighted by atomic mass is 9.99. The number of nitriles is 2. The number of hydrogen-bond acceptors (Lipinski definition) is 7. The van der Waals surface area contributed by atoms with Crippen LogP contribution >= 0.6 is 0 Å². The SMILES string of the molecule is CC(C)c1nc(Oc2nc(-c3ccc(F)cc3)c(C#N)c(C(C)C)n2)nc(-c2ccc(F)cc2)c1C#N. The van der Waals surface area contributed by atoms with Crippen molar-refractivity contribution < 1.29 is 13.5 Å². The lowest BCUT2D eigenvalue weighted by Crippen LogP contribution is -2.09. The molecule has 0 aliphatic rings. The zero-order chi connectivity index (χ0) is 26.7. The maximum absolute atomic E-state index is 13.5. The normalized spacial score (nSPS) is 10.9. The molecular weight excluding hydrogens is 474 g/mol. The van der Waals surface area contributed by atoms with Crippen LogP contribution in [0.3, 0.4) is 0 Å². The Morgan fingerprint density at radius 2 is 0.973 bits per heavy atom. The van der Waals surface area contributed by atoms with Crippen LogP contribution in [0, 0.1) is 34.3 Å². The van der Waals surface area contributed by atoms with Gasteiger partial charge in [-0.05, 0) is 60.4 Å². The summed E-state index contributed by atoms with van der Waals surface area (Å²) in [6, 6.07) is 15.3. The van der Waals surface area contributed by atoms with Crippen LogP contribution in [-0.4, -0.2) is 19.9 Å². The Kier molecular flexibility index (Phi) is 7.17. The summed E-state index contributed by atoms with van der Waals surface area (Å²) in [5.41, 5.74) is 3.01. The fourth-order valence-corrected chi connectivity index (χ4v) is 3.78. The molecule has 9 heteroatoms. The summed E-state index contributed by atoms with van der Waals surface area (Å²) < 4.78 is 33.0. The monoisotopic (exact) mass is 496 g/mol. The van der Waals surface area contributed by atoms with Gasteiger partial charge in [0, 0.05) is 11.1 Å². The van der Waals surface area contributed by atoms with E-state index in [-0.39, 0.29) is 46.4 Å². The first-order valence-electron chi connectivity index (χ1n) is 11.6. The van der Waals surface area contributed by atoms with E-state index in [1.165, 1.54) is 48.5 Å². The van der Waals surface area contributed by atoms with E-state index in [2.05, 4.69) is 32.1 Å². The highest BCUT2D eigenvalue weighted by molar-refractivity contribution is 5.69. The summed E-state index contributed by atoms with van der Waals surface area (Å²) in [6.07, 6.45) is 0. The molecule has 0 unspecified atom stereocenters. The summed E-state index contributed by atoms with van der Waals surface area (Å²) in [6.45, 7) is 7.51. The van der Waals surface area contributed by atoms with Gasteiger partial charge in [-0.2, -0.15) is 30.5 Å². The first-order valence-corrected chi connectivity index (χ1v) is 11.6. The zero-order valence-corrected chi connectivity index (χ0v) is 20.6. The molecule has 2 aromatic heterocycles. The number of nitrogens with zero attached hydrogens (tertiary/aromatic N) is 6. The van der Waals surface area contributed by atoms with Crippen LogP contribution in [0.5, 0.6) is 12.0 Å². The molecule has 0 saturated heterocycles. The Morgan fingerprint density at radius 1 is 0.622 bits per heavy atom. The molecule has 7 nitrogen and oxygen atoms in total. The second kappa shape index (κ2) is 10.5. The van der Waals surface area contributed by atoms with Crippen molar-refractivity contribution in [2.24, 2.45) is 0 Å². The molecule has 0 radical (unpaired) electrons. The average Bonchev–Trinajstić information content (AvgIpc) is 2.88. The Balaban J connectivity index is 1.89. The van der Waals surface area contributed by atoms with Gasteiger partial charge in [-0.3, -0.25) is 0 Å². The molecule has 184 valence electrons. The van der Waals surface area contributed by atoms with Gasteiger partial charge in [0.15, 0.2) is 0 Å². The van der Waals surface area contributed by atoms with Gasteiger partial charge >= 0.3 is 12.0 Å². The summed E-state index contributed by atoms with van der Waals surface area (Å²) in [7, 11) is 0. The number of rotatable bonds is 6. The van der Waals surface area contributed by atoms with Crippen molar-refractivity contribution in [1.29, 1.82) is 10.5 Å². The first kappa shape index (κ1) is 25.3. The van der Waals surface area contributed by atoms with E-state index < -0.39 is 11.6 Å². The van der Waals surface area contributed by atoms with Crippen molar-refractivity contribution in [2.45, 2.75) is 39.5 Å². The lowest BCUT2D eigenvalue weighted by Gasteiger charge is -2.15. The molecule has 0 aliphatic heterocycles. The summed E-state index contributed by atoms with van der Waals surface area (Å²) >= 11 is 0. The summed E-state index contributed by atoms with van der Waals surface area (Å²) in [4.78, 5) is 17.8. The fourth-order valence-electron chi connectivity index (χ4n) is 3.78. The molecule has 0 aliphatic carbocycles. The smallest absolute Gasteiger partial charge is 0.325 e. The third-order valence-electron chi connectivity index (χ3n) is 5.57. The lowest BCUT2D eigenvalue weighted by molar-refractivity contribution is 0.402. The van der Waals surface area contributed by atoms with Gasteiger partial charge in [0.25, 0.3) is 0 Å². The molecule has 4 rings (SSSR count). The quantitative estimate of drug-likeness (QED) is 0.294. The second-order valence-electron chi connectivity index (χ2n) is 8.88. The largest absolute Gasteiger partial charge is 0.388 e. The highest BCUT2D eigenvalue weighted by Crippen LogP contribution is 2.33. The Bertz CT molecular complexity index is 1420. The summed E-state index contributed by atoms with van der Waals surface area (Å²) in [5, 5.41) is 19.7. The van der Waals surface area contributed by atoms with Crippen LogP contribution in [0.15, 0.2) is 48.5 Å². The third-order valence-corrected chi connectivity index (χ3v) is 5.57. The van der Waals surface area contributed by atoms with Crippen LogP contribution in [0.25, 0.3) is 22.5 Å². The van der Waals surface area contributed by atoms with Gasteiger partial charge in [-0.15, -0.1) is 0 Å². The van der Waals surface area contributed by atoms with Crippen LogP contribution in [0.1, 0.15) is 62.0 Å². The third kappa shape index (κ3) is 5.26. The molecule has 0 bridgehead atoms. The van der Waals surface area contributed by atoms with Crippen LogP contribution in [0.4, 0.5) is 8.78 Å². The van der Waals surface area contributed by atoms with Crippen molar-refractivity contribution in [3.8, 4) is 46.7 Å². The van der Waals surface area contributed by atoms with Crippen molar-refractivity contribution >= 4 is 0 Å². The Labute approximate surface area is 213 Å². The van der Waals surface area contributed by atoms with Gasteiger partial charge in [-0.25, -0.2) is 8.78 Å². The molecule has 4 aromatic rings. The Morgan fingerprint density at radius 3 is 1.27 bits per heavy atom. The van der Waals surface area contributed by atoms with E-state index >= 15 is 0 Å². The van der Waals surface area contributed by atoms with Gasteiger partial charge < -0.3 is 4.74 Å². The van der Waals surface area contributed by atoms with Crippen LogP contribution in [-0.2, 0) is 0 Å². The maximum Gasteiger partial charge on any atom is 0.325 e. The van der Waals surface area contributed by atoms with Gasteiger partial charge in [0.05, 0.1) is 22.8 Å². The minimum Gasteiger partial charge on any atom is -0.388 e. The molecule has 0 spiro atoms. The predicted octanol–water partition coefficient (Wildman–Crippen LogP) is 6.66. The van der Waals surface area contributed by atoms with Crippen molar-refractivity contribution in [3.05, 3.63) is 82.7 Å². The number of hydrogen-bond donors (Lipinski definition) is 0. The topological polar surface area (TPSA) is 108 Å². The molecule has 0 fully saturated rings. The van der Waals surface area contributed by atoms with E-state index in [1.807, 2.05) is 27.7 Å². The van der Waals surface area contributed by atoms with E-state index in [4.69, 9.17) is 4.74 Å². The first-order chi connectivity index (χ1) is 17.7. The van der Waals surface area contributed by atoms with E-state index in [0.717, 1.165) is 0 Å². The fraction of sp³-hybridized carbons (Fsp3) is 0.214. The predicted molar refractivity (Wildman–Crippen MR) is 133 cm³/mol. The number of halogens is 2. The van der Waals surface area contributed by atoms with Gasteiger partial charge in [0.1, 0.15) is 34.9 Å². The van der Waals surface area contributed by atoms with Crippen molar-refractivity contribution in [1.82, 2.24) is 19.9 Å². The maximum atomic E-state index is 13.5. The van der Waals surface area contributed by atoms with Gasteiger partial charge in [-0.1, -0.05) is 27.7 Å². The number of benzene rings is 2. The molecule has 37 heavy (non-hydrogen) atoms. The summed E-state index contributed by atoms with van der Waals surface area (Å²) in [5.74, 6) is -1.14. The van der Waals surface area contributed by atoms with Crippen LogP contribution in [0.2, 0.25) is 0 Å². The molecule has 0 atom stereocenters. The number of ether oxygens (including phenoxy) is 1. The van der Waals surface area contributed by atoms with E-state index in [0.29, 0.717) is 22.5 Å². The van der Waals surface area contributed by atoms with Crippen molar-refractivity contribution in [2.75, 3.05) is 0 Å². The minimum atomic E-state index is -0.419. The molecule has 0 amide bonds. The second-order valence-corrected chi connectivity index (χ2v) is 8.88. The zero-order valence-electron chi connectivity index (χ0n) is 20.6. The molecular formula is C28H22F2N6O. The molecule has 0 saturated carbocycles. The highest BCUT2D eigenvalue weighted by Gasteiger charge is 2.23. The molecule has 2 aromatic carbocycles. The van der Waals surface area contributed by atoms with Crippen molar-refractivity contribution in [3.63, 3.8) is 0 Å². The highest BCUT2D eigenvalue weighted by atomic mass is 19.1. The van der Waals surface area contributed by atoms with Crippen LogP contribution < -0.4 is 4.74 Å². The van der Waals surface area contributed by atoms with E-state index in [1.54, 1.807) is 0 Å². The van der Waals surface area contributed by atoms with E-state index in [9.17, 15) is 19.3 Å². The standard InChI is InChI=1S/C28H22F2N6O/c1-15(2)23-21(13-31)25(17-5-9-19(29)10-6-17)35-27(33-23)37-28-34-24(16(3)4)22(14-32)26(36-28)18-7-11-20(30)12-8-18/h5-12,15-16H,1-4H3. The Hall–Kier alpha value is -4.76. The average molecular weight is 497 g/mol. The minimum absolute atomic E-state index is 0.105. The molecule has 2 heterocycles.